The number of hydrogen-bond acceptors (Lipinski definition) is 6. The maximum atomic E-state index is 13.3. The number of halogens is 3. The molecule has 2 aromatic heterocycles. The van der Waals surface area contributed by atoms with Crippen molar-refractivity contribution in [3.63, 3.8) is 0 Å². The van der Waals surface area contributed by atoms with Gasteiger partial charge in [0.1, 0.15) is 0 Å². The van der Waals surface area contributed by atoms with E-state index in [0.29, 0.717) is 28.3 Å². The van der Waals surface area contributed by atoms with Crippen LogP contribution in [0.2, 0.25) is 0 Å². The number of aromatic nitrogens is 1. The number of pyridine rings is 1. The van der Waals surface area contributed by atoms with Crippen LogP contribution in [0, 0.1) is 12.8 Å². The van der Waals surface area contributed by atoms with Crippen LogP contribution in [0.15, 0.2) is 36.5 Å². The molecule has 6 nitrogen and oxygen atoms in total. The summed E-state index contributed by atoms with van der Waals surface area (Å²) in [6.45, 7) is 4.24. The highest BCUT2D eigenvalue weighted by Gasteiger charge is 2.33. The van der Waals surface area contributed by atoms with E-state index in [0.717, 1.165) is 48.0 Å². The smallest absolute Gasteiger partial charge is 0.417 e. The van der Waals surface area contributed by atoms with Gasteiger partial charge in [-0.25, -0.2) is 0 Å². The predicted octanol–water partition coefficient (Wildman–Crippen LogP) is 7.38. The SMILES string of the molecule is CCOC(=O)CCN(C)C(=O)c1ccc(NC(c2sc3cc(C(F)(F)F)cnc3c2C)C2CCCCC2)cc1. The summed E-state index contributed by atoms with van der Waals surface area (Å²) in [6.07, 6.45) is 2.10. The molecule has 0 spiro atoms. The van der Waals surface area contributed by atoms with E-state index in [9.17, 15) is 22.8 Å². The number of fused-ring (bicyclic) bond motifs is 1. The molecule has 2 heterocycles. The molecule has 0 aliphatic heterocycles. The first kappa shape index (κ1) is 28.9. The number of anilines is 1. The zero-order valence-electron chi connectivity index (χ0n) is 22.4. The molecule has 3 aromatic rings. The Hall–Kier alpha value is -3.14. The van der Waals surface area contributed by atoms with E-state index in [1.54, 1.807) is 26.1 Å². The summed E-state index contributed by atoms with van der Waals surface area (Å²) in [5.41, 5.74) is 2.11. The van der Waals surface area contributed by atoms with Crippen LogP contribution in [0.5, 0.6) is 0 Å². The van der Waals surface area contributed by atoms with Gasteiger partial charge < -0.3 is 15.0 Å². The van der Waals surface area contributed by atoms with Gasteiger partial charge in [0.2, 0.25) is 0 Å². The highest BCUT2D eigenvalue weighted by Crippen LogP contribution is 2.44. The molecule has 1 aromatic carbocycles. The summed E-state index contributed by atoms with van der Waals surface area (Å²) in [4.78, 5) is 31.1. The monoisotopic (exact) mass is 561 g/mol. The first-order valence-corrected chi connectivity index (χ1v) is 14.1. The molecular formula is C29H34F3N3O3S. The third-order valence-corrected chi connectivity index (χ3v) is 8.60. The fraction of sp³-hybridized carbons (Fsp3) is 0.483. The number of nitrogens with zero attached hydrogens (tertiary/aromatic N) is 2. The summed E-state index contributed by atoms with van der Waals surface area (Å²) in [7, 11) is 1.65. The fourth-order valence-corrected chi connectivity index (χ4v) is 6.49. The number of carbonyl (C=O) groups is 2. The van der Waals surface area contributed by atoms with Gasteiger partial charge >= 0.3 is 12.1 Å². The summed E-state index contributed by atoms with van der Waals surface area (Å²) in [6, 6.07) is 8.32. The quantitative estimate of drug-likeness (QED) is 0.276. The highest BCUT2D eigenvalue weighted by molar-refractivity contribution is 7.19. The molecule has 1 amide bonds. The van der Waals surface area contributed by atoms with Crippen molar-refractivity contribution in [2.75, 3.05) is 25.5 Å². The first-order valence-electron chi connectivity index (χ1n) is 13.3. The molecule has 39 heavy (non-hydrogen) atoms. The Kier molecular flexibility index (Phi) is 9.15. The molecular weight excluding hydrogens is 527 g/mol. The fourth-order valence-electron chi connectivity index (χ4n) is 5.14. The van der Waals surface area contributed by atoms with Crippen LogP contribution >= 0.6 is 11.3 Å². The average molecular weight is 562 g/mol. The van der Waals surface area contributed by atoms with Gasteiger partial charge in [0.05, 0.1) is 34.8 Å². The van der Waals surface area contributed by atoms with E-state index in [2.05, 4.69) is 10.3 Å². The molecule has 10 heteroatoms. The third-order valence-electron chi connectivity index (χ3n) is 7.29. The molecule has 1 unspecified atom stereocenters. The van der Waals surface area contributed by atoms with Crippen LogP contribution in [0.25, 0.3) is 10.2 Å². The zero-order chi connectivity index (χ0) is 28.2. The Balaban J connectivity index is 1.55. The van der Waals surface area contributed by atoms with Crippen molar-refractivity contribution in [2.45, 2.75) is 64.6 Å². The van der Waals surface area contributed by atoms with Crippen molar-refractivity contribution in [1.29, 1.82) is 0 Å². The molecule has 0 radical (unpaired) electrons. The van der Waals surface area contributed by atoms with Crippen molar-refractivity contribution in [1.82, 2.24) is 9.88 Å². The topological polar surface area (TPSA) is 71.5 Å². The van der Waals surface area contributed by atoms with Gasteiger partial charge in [-0.3, -0.25) is 14.6 Å². The number of benzene rings is 1. The number of aryl methyl sites for hydroxylation is 1. The number of alkyl halides is 3. The zero-order valence-corrected chi connectivity index (χ0v) is 23.3. The Morgan fingerprint density at radius 3 is 2.51 bits per heavy atom. The first-order chi connectivity index (χ1) is 18.6. The number of nitrogens with one attached hydrogen (secondary N) is 1. The van der Waals surface area contributed by atoms with E-state index >= 15 is 0 Å². The normalized spacial score (nSPS) is 15.2. The van der Waals surface area contributed by atoms with Gasteiger partial charge in [-0.15, -0.1) is 11.3 Å². The molecule has 210 valence electrons. The number of amides is 1. The Morgan fingerprint density at radius 1 is 1.18 bits per heavy atom. The van der Waals surface area contributed by atoms with Crippen molar-refractivity contribution in [3.05, 3.63) is 58.1 Å². The lowest BCUT2D eigenvalue weighted by molar-refractivity contribution is -0.143. The molecule has 0 saturated heterocycles. The van der Waals surface area contributed by atoms with Gasteiger partial charge in [-0.05, 0) is 68.5 Å². The predicted molar refractivity (Wildman–Crippen MR) is 147 cm³/mol. The minimum Gasteiger partial charge on any atom is -0.466 e. The maximum absolute atomic E-state index is 13.3. The lowest BCUT2D eigenvalue weighted by Crippen LogP contribution is -2.29. The number of hydrogen-bond donors (Lipinski definition) is 1. The standard InChI is InChI=1S/C29H34F3N3O3S/c1-4-38-24(36)14-15-35(3)28(37)20-10-12-22(13-11-20)34-26(19-8-6-5-7-9-19)27-18(2)25-23(39-27)16-21(17-33-25)29(30,31)32/h10-13,16-17,19,26,34H,4-9,14-15H2,1-3H3. The maximum Gasteiger partial charge on any atom is 0.417 e. The molecule has 1 aliphatic rings. The number of carbonyl (C=O) groups excluding carboxylic acids is 2. The van der Waals surface area contributed by atoms with E-state index < -0.39 is 11.7 Å². The molecule has 1 atom stereocenters. The van der Waals surface area contributed by atoms with Crippen molar-refractivity contribution < 1.29 is 27.5 Å². The van der Waals surface area contributed by atoms with Crippen LogP contribution in [0.1, 0.15) is 77.9 Å². The molecule has 1 fully saturated rings. The lowest BCUT2D eigenvalue weighted by Gasteiger charge is -2.31. The van der Waals surface area contributed by atoms with Crippen molar-refractivity contribution >= 4 is 39.1 Å². The summed E-state index contributed by atoms with van der Waals surface area (Å²) in [5, 5.41) is 3.64. The summed E-state index contributed by atoms with van der Waals surface area (Å²) in [5.74, 6) is -0.198. The number of thiophene rings is 1. The van der Waals surface area contributed by atoms with Crippen molar-refractivity contribution in [2.24, 2.45) is 5.92 Å². The van der Waals surface area contributed by atoms with E-state index in [1.165, 1.54) is 28.7 Å². The molecule has 1 aliphatic carbocycles. The van der Waals surface area contributed by atoms with Crippen LogP contribution in [-0.4, -0.2) is 42.0 Å². The molecule has 1 saturated carbocycles. The number of ether oxygens (including phenoxy) is 1. The molecule has 0 bridgehead atoms. The summed E-state index contributed by atoms with van der Waals surface area (Å²) < 4.78 is 45.4. The minimum absolute atomic E-state index is 0.0763. The largest absolute Gasteiger partial charge is 0.466 e. The van der Waals surface area contributed by atoms with E-state index in [4.69, 9.17) is 4.74 Å². The second kappa shape index (κ2) is 12.4. The number of esters is 1. The van der Waals surface area contributed by atoms with Crippen LogP contribution < -0.4 is 5.32 Å². The van der Waals surface area contributed by atoms with Gasteiger partial charge in [0.15, 0.2) is 0 Å². The van der Waals surface area contributed by atoms with Crippen LogP contribution in [0.3, 0.4) is 0 Å². The highest BCUT2D eigenvalue weighted by atomic mass is 32.1. The summed E-state index contributed by atoms with van der Waals surface area (Å²) >= 11 is 1.37. The van der Waals surface area contributed by atoms with Crippen LogP contribution in [-0.2, 0) is 15.7 Å². The molecule has 4 rings (SSSR count). The third kappa shape index (κ3) is 6.90. The lowest BCUT2D eigenvalue weighted by atomic mass is 9.82. The van der Waals surface area contributed by atoms with Gasteiger partial charge in [0, 0.05) is 35.9 Å². The van der Waals surface area contributed by atoms with Crippen molar-refractivity contribution in [3.8, 4) is 0 Å². The van der Waals surface area contributed by atoms with Gasteiger partial charge in [-0.1, -0.05) is 19.3 Å². The second-order valence-electron chi connectivity index (χ2n) is 10.0. The van der Waals surface area contributed by atoms with Crippen LogP contribution in [0.4, 0.5) is 18.9 Å². The Morgan fingerprint density at radius 2 is 1.87 bits per heavy atom. The van der Waals surface area contributed by atoms with Gasteiger partial charge in [-0.2, -0.15) is 13.2 Å². The Labute approximate surface area is 230 Å². The van der Waals surface area contributed by atoms with E-state index in [1.807, 2.05) is 19.1 Å². The number of rotatable bonds is 9. The average Bonchev–Trinajstić information content (AvgIpc) is 3.25. The molecule has 1 N–H and O–H groups in total. The second-order valence-corrected chi connectivity index (χ2v) is 11.1. The Bertz CT molecular complexity index is 1300. The minimum atomic E-state index is -4.44. The van der Waals surface area contributed by atoms with E-state index in [-0.39, 0.29) is 30.9 Å². The van der Waals surface area contributed by atoms with Gasteiger partial charge in [0.25, 0.3) is 5.91 Å².